The highest BCUT2D eigenvalue weighted by molar-refractivity contribution is 5.81. The zero-order valence-electron chi connectivity index (χ0n) is 13.1. The first-order valence-corrected chi connectivity index (χ1v) is 7.22. The minimum absolute atomic E-state index is 0.717. The Morgan fingerprint density at radius 3 is 2.52 bits per heavy atom. The molecule has 1 aliphatic carbocycles. The molecule has 0 heterocycles. The van der Waals surface area contributed by atoms with Crippen LogP contribution in [0.15, 0.2) is 70.9 Å². The summed E-state index contributed by atoms with van der Waals surface area (Å²) in [6, 6.07) is 0. The molecule has 0 aromatic heterocycles. The van der Waals surface area contributed by atoms with E-state index in [2.05, 4.69) is 25.7 Å². The molecule has 0 aromatic carbocycles. The van der Waals surface area contributed by atoms with Crippen molar-refractivity contribution in [3.8, 4) is 0 Å². The Labute approximate surface area is 127 Å². The van der Waals surface area contributed by atoms with E-state index in [1.165, 1.54) is 29.2 Å². The van der Waals surface area contributed by atoms with Gasteiger partial charge in [0.2, 0.25) is 0 Å². The van der Waals surface area contributed by atoms with Crippen LogP contribution in [0, 0.1) is 0 Å². The number of carboxylic acids is 1. The Balaban J connectivity index is 2.72. The molecule has 0 spiro atoms. The van der Waals surface area contributed by atoms with Crippen LogP contribution < -0.4 is 0 Å². The lowest BCUT2D eigenvalue weighted by Crippen LogP contribution is -1.98. The summed E-state index contributed by atoms with van der Waals surface area (Å²) in [5.74, 6) is -0.920. The van der Waals surface area contributed by atoms with E-state index in [1.807, 2.05) is 19.1 Å². The number of hydrogen-bond donors (Lipinski definition) is 1. The molecule has 0 amide bonds. The summed E-state index contributed by atoms with van der Waals surface area (Å²) in [6.45, 7) is 10.1. The first-order valence-electron chi connectivity index (χ1n) is 7.22. The number of allylic oxidation sites excluding steroid dienone is 10. The van der Waals surface area contributed by atoms with Crippen molar-refractivity contribution in [2.75, 3.05) is 0 Å². The van der Waals surface area contributed by atoms with Gasteiger partial charge in [0.1, 0.15) is 0 Å². The maximum atomic E-state index is 10.5. The predicted octanol–water partition coefficient (Wildman–Crippen LogP) is 5.13. The van der Waals surface area contributed by atoms with Gasteiger partial charge in [0.25, 0.3) is 0 Å². The number of hydrogen-bond acceptors (Lipinski definition) is 1. The van der Waals surface area contributed by atoms with E-state index in [0.29, 0.717) is 0 Å². The lowest BCUT2D eigenvalue weighted by Gasteiger charge is -2.17. The van der Waals surface area contributed by atoms with Gasteiger partial charge in [-0.15, -0.1) is 0 Å². The van der Waals surface area contributed by atoms with Crippen molar-refractivity contribution < 1.29 is 9.90 Å². The van der Waals surface area contributed by atoms with E-state index in [9.17, 15) is 4.79 Å². The van der Waals surface area contributed by atoms with E-state index in [4.69, 9.17) is 5.11 Å². The van der Waals surface area contributed by atoms with Gasteiger partial charge in [-0.25, -0.2) is 4.79 Å². The van der Waals surface area contributed by atoms with E-state index in [1.54, 1.807) is 13.0 Å². The lowest BCUT2D eigenvalue weighted by atomic mass is 9.88. The highest BCUT2D eigenvalue weighted by Crippen LogP contribution is 2.29. The molecule has 0 fully saturated rings. The van der Waals surface area contributed by atoms with Crippen LogP contribution in [-0.4, -0.2) is 11.1 Å². The van der Waals surface area contributed by atoms with Crippen LogP contribution in [-0.2, 0) is 4.79 Å². The van der Waals surface area contributed by atoms with Gasteiger partial charge in [0, 0.05) is 6.08 Å². The lowest BCUT2D eigenvalue weighted by molar-refractivity contribution is -0.131. The molecule has 0 saturated heterocycles. The molecule has 0 aromatic rings. The molecule has 0 bridgehead atoms. The third-order valence-electron chi connectivity index (χ3n) is 3.45. The van der Waals surface area contributed by atoms with Gasteiger partial charge in [0.15, 0.2) is 0 Å². The zero-order valence-corrected chi connectivity index (χ0v) is 13.1. The van der Waals surface area contributed by atoms with Crippen LogP contribution in [0.2, 0.25) is 0 Å². The Bertz CT molecular complexity index is 566. The Morgan fingerprint density at radius 2 is 1.90 bits per heavy atom. The SMILES string of the molecule is C=C1CCCC(C)=C1/C=C/C(C)=C/C=C/C(C)=C/C(=O)O. The van der Waals surface area contributed by atoms with Gasteiger partial charge < -0.3 is 5.11 Å². The first kappa shape index (κ1) is 17.0. The number of carboxylic acid groups (broad SMARTS) is 1. The monoisotopic (exact) mass is 284 g/mol. The number of carbonyl (C=O) groups is 1. The molecule has 1 N–H and O–H groups in total. The second-order valence-corrected chi connectivity index (χ2v) is 5.48. The van der Waals surface area contributed by atoms with E-state index in [0.717, 1.165) is 24.0 Å². The third-order valence-corrected chi connectivity index (χ3v) is 3.45. The molecule has 1 aliphatic rings. The number of aliphatic carboxylic acids is 1. The van der Waals surface area contributed by atoms with Crippen molar-refractivity contribution in [3.05, 3.63) is 70.9 Å². The highest BCUT2D eigenvalue weighted by atomic mass is 16.4. The average molecular weight is 284 g/mol. The predicted molar refractivity (Wildman–Crippen MR) is 89.1 cm³/mol. The van der Waals surface area contributed by atoms with Gasteiger partial charge in [-0.05, 0) is 56.8 Å². The maximum absolute atomic E-state index is 10.5. The summed E-state index contributed by atoms with van der Waals surface area (Å²) in [4.78, 5) is 10.5. The van der Waals surface area contributed by atoms with Crippen LogP contribution in [0.4, 0.5) is 0 Å². The van der Waals surface area contributed by atoms with Gasteiger partial charge in [-0.1, -0.05) is 48.1 Å². The second kappa shape index (κ2) is 8.25. The van der Waals surface area contributed by atoms with E-state index in [-0.39, 0.29) is 0 Å². The molecule has 2 heteroatoms. The van der Waals surface area contributed by atoms with Gasteiger partial charge >= 0.3 is 5.97 Å². The minimum atomic E-state index is -0.920. The molecule has 0 saturated carbocycles. The van der Waals surface area contributed by atoms with Gasteiger partial charge in [0.05, 0.1) is 0 Å². The van der Waals surface area contributed by atoms with Crippen LogP contribution >= 0.6 is 0 Å². The molecule has 1 rings (SSSR count). The zero-order chi connectivity index (χ0) is 15.8. The maximum Gasteiger partial charge on any atom is 0.328 e. The van der Waals surface area contributed by atoms with Crippen molar-refractivity contribution in [3.63, 3.8) is 0 Å². The van der Waals surface area contributed by atoms with Crippen molar-refractivity contribution in [2.45, 2.75) is 40.0 Å². The van der Waals surface area contributed by atoms with Crippen molar-refractivity contribution >= 4 is 5.97 Å². The van der Waals surface area contributed by atoms with E-state index < -0.39 is 5.97 Å². The summed E-state index contributed by atoms with van der Waals surface area (Å²) < 4.78 is 0. The fourth-order valence-electron chi connectivity index (χ4n) is 2.26. The molecular weight excluding hydrogens is 260 g/mol. The van der Waals surface area contributed by atoms with Crippen LogP contribution in [0.1, 0.15) is 40.0 Å². The second-order valence-electron chi connectivity index (χ2n) is 5.48. The fraction of sp³-hybridized carbons (Fsp3) is 0.316. The first-order chi connectivity index (χ1) is 9.90. The van der Waals surface area contributed by atoms with Crippen molar-refractivity contribution in [1.82, 2.24) is 0 Å². The molecule has 2 nitrogen and oxygen atoms in total. The smallest absolute Gasteiger partial charge is 0.328 e. The summed E-state index contributed by atoms with van der Waals surface area (Å²) in [5.41, 5.74) is 5.74. The molecule has 0 radical (unpaired) electrons. The largest absolute Gasteiger partial charge is 0.478 e. The number of rotatable bonds is 5. The molecule has 0 aliphatic heterocycles. The Kier molecular flexibility index (Phi) is 6.67. The molecular formula is C19H24O2. The highest BCUT2D eigenvalue weighted by Gasteiger charge is 2.09. The average Bonchev–Trinajstić information content (AvgIpc) is 2.37. The summed E-state index contributed by atoms with van der Waals surface area (Å²) >= 11 is 0. The molecule has 21 heavy (non-hydrogen) atoms. The standard InChI is InChI=1S/C19H24O2/c1-14(7-5-8-15(2)13-19(20)21)11-12-18-16(3)9-6-10-17(18)4/h5,7-8,11-13H,3,6,9-10H2,1-2,4H3,(H,20,21)/b8-5+,12-11+,14-7+,15-13+. The topological polar surface area (TPSA) is 37.3 Å². The van der Waals surface area contributed by atoms with Gasteiger partial charge in [-0.3, -0.25) is 0 Å². The summed E-state index contributed by atoms with van der Waals surface area (Å²) in [7, 11) is 0. The minimum Gasteiger partial charge on any atom is -0.478 e. The summed E-state index contributed by atoms with van der Waals surface area (Å²) in [5, 5.41) is 8.62. The van der Waals surface area contributed by atoms with Gasteiger partial charge in [-0.2, -0.15) is 0 Å². The van der Waals surface area contributed by atoms with Crippen molar-refractivity contribution in [2.24, 2.45) is 0 Å². The fourth-order valence-corrected chi connectivity index (χ4v) is 2.26. The Hall–Kier alpha value is -2.09. The molecule has 0 atom stereocenters. The van der Waals surface area contributed by atoms with Crippen LogP contribution in [0.5, 0.6) is 0 Å². The summed E-state index contributed by atoms with van der Waals surface area (Å²) in [6.07, 6.45) is 14.5. The van der Waals surface area contributed by atoms with Crippen LogP contribution in [0.25, 0.3) is 0 Å². The van der Waals surface area contributed by atoms with E-state index >= 15 is 0 Å². The Morgan fingerprint density at radius 1 is 1.19 bits per heavy atom. The van der Waals surface area contributed by atoms with Crippen LogP contribution in [0.3, 0.4) is 0 Å². The molecule has 112 valence electrons. The normalized spacial score (nSPS) is 18.1. The quantitative estimate of drug-likeness (QED) is 0.561. The molecule has 0 unspecified atom stereocenters. The third kappa shape index (κ3) is 6.26. The van der Waals surface area contributed by atoms with Crippen molar-refractivity contribution in [1.29, 1.82) is 0 Å².